The molecular weight excluding hydrogens is 484 g/mol. The molecule has 39 heavy (non-hydrogen) atoms. The van der Waals surface area contributed by atoms with Crippen molar-refractivity contribution in [2.24, 2.45) is 0 Å². The lowest BCUT2D eigenvalue weighted by molar-refractivity contribution is 0.187. The van der Waals surface area contributed by atoms with E-state index in [-0.39, 0.29) is 0 Å². The van der Waals surface area contributed by atoms with Crippen LogP contribution in [-0.2, 0) is 13.0 Å². The van der Waals surface area contributed by atoms with Crippen molar-refractivity contribution < 1.29 is 4.74 Å². The highest BCUT2D eigenvalue weighted by Gasteiger charge is 2.36. The van der Waals surface area contributed by atoms with E-state index in [1.54, 1.807) is 0 Å². The van der Waals surface area contributed by atoms with Crippen molar-refractivity contribution in [2.75, 3.05) is 49.6 Å². The largest absolute Gasteiger partial charge is 0.462 e. The molecule has 5 aliphatic rings. The molecule has 2 bridgehead atoms. The Kier molecular flexibility index (Phi) is 5.91. The highest BCUT2D eigenvalue weighted by Crippen LogP contribution is 2.46. The smallest absolute Gasteiger partial charge is 0.318 e. The Hall–Kier alpha value is -2.90. The summed E-state index contributed by atoms with van der Waals surface area (Å²) in [5.74, 6) is 1.85. The predicted molar refractivity (Wildman–Crippen MR) is 156 cm³/mol. The molecule has 1 saturated carbocycles. The van der Waals surface area contributed by atoms with Crippen LogP contribution in [0.1, 0.15) is 61.3 Å². The summed E-state index contributed by atoms with van der Waals surface area (Å²) in [6.07, 6.45) is 8.57. The number of rotatable bonds is 6. The highest BCUT2D eigenvalue weighted by molar-refractivity contribution is 5.97. The van der Waals surface area contributed by atoms with Gasteiger partial charge >= 0.3 is 6.01 Å². The number of piperazine rings is 1. The third kappa shape index (κ3) is 4.44. The Morgan fingerprint density at radius 2 is 1.74 bits per heavy atom. The fourth-order valence-corrected chi connectivity index (χ4v) is 7.60. The second-order valence-corrected chi connectivity index (χ2v) is 12.6. The van der Waals surface area contributed by atoms with Crippen molar-refractivity contribution in [2.45, 2.75) is 75.5 Å². The molecule has 3 atom stereocenters. The van der Waals surface area contributed by atoms with Crippen molar-refractivity contribution in [3.8, 4) is 6.01 Å². The van der Waals surface area contributed by atoms with Crippen molar-refractivity contribution in [3.63, 3.8) is 0 Å². The normalized spacial score (nSPS) is 26.8. The second-order valence-electron chi connectivity index (χ2n) is 12.6. The molecule has 1 aromatic heterocycles. The Bertz CT molecular complexity index is 1370. The standard InChI is InChI=1S/C32H40N6O/c1-36-15-4-7-25(36)20-39-32-34-28-19-37(29-9-3-6-22-5-2-8-26(30(22)29)21-10-11-21)16-14-27(28)31(35-32)38-17-23-12-13-24(18-38)33-23/h2-3,5-6,8-9,21,23-25,33H,4,7,10-20H2,1H3/t23?,24?,25-/m0/s1. The number of nitrogens with zero attached hydrogens (tertiary/aromatic N) is 5. The summed E-state index contributed by atoms with van der Waals surface area (Å²) in [6, 6.07) is 15.8. The zero-order valence-electron chi connectivity index (χ0n) is 23.1. The summed E-state index contributed by atoms with van der Waals surface area (Å²) >= 11 is 0. The van der Waals surface area contributed by atoms with Gasteiger partial charge in [-0.1, -0.05) is 30.3 Å². The number of hydrogen-bond acceptors (Lipinski definition) is 7. The van der Waals surface area contributed by atoms with E-state index in [2.05, 4.69) is 63.5 Å². The SMILES string of the molecule is CN1CCC[C@H]1COc1nc2c(c(N3CC4CCC(C3)N4)n1)CCN(c1cccc3cccc(C4CC4)c13)C2. The van der Waals surface area contributed by atoms with Gasteiger partial charge in [-0.2, -0.15) is 9.97 Å². The molecule has 8 rings (SSSR count). The molecule has 3 saturated heterocycles. The van der Waals surface area contributed by atoms with Crippen molar-refractivity contribution >= 4 is 22.3 Å². The first-order chi connectivity index (χ1) is 19.2. The molecule has 2 unspecified atom stereocenters. The number of fused-ring (bicyclic) bond motifs is 4. The minimum atomic E-state index is 0.455. The number of hydrogen-bond donors (Lipinski definition) is 1. The first kappa shape index (κ1) is 23.9. The van der Waals surface area contributed by atoms with Gasteiger partial charge in [0.2, 0.25) is 0 Å². The molecule has 5 heterocycles. The third-order valence-corrected chi connectivity index (χ3v) is 9.89. The van der Waals surface area contributed by atoms with Crippen molar-refractivity contribution in [1.29, 1.82) is 0 Å². The molecule has 0 amide bonds. The third-order valence-electron chi connectivity index (χ3n) is 9.89. The van der Waals surface area contributed by atoms with Gasteiger partial charge in [0.15, 0.2) is 0 Å². The fraction of sp³-hybridized carbons (Fsp3) is 0.562. The molecule has 2 aromatic carbocycles. The first-order valence-electron chi connectivity index (χ1n) is 15.2. The maximum atomic E-state index is 6.37. The van der Waals surface area contributed by atoms with Crippen molar-refractivity contribution in [3.05, 3.63) is 53.2 Å². The molecule has 0 spiro atoms. The van der Waals surface area contributed by atoms with Gasteiger partial charge in [-0.3, -0.25) is 0 Å². The molecular formula is C32H40N6O. The van der Waals surface area contributed by atoms with Gasteiger partial charge in [-0.15, -0.1) is 0 Å². The Morgan fingerprint density at radius 1 is 0.923 bits per heavy atom. The maximum Gasteiger partial charge on any atom is 0.318 e. The molecule has 4 aliphatic heterocycles. The Labute approximate surface area is 231 Å². The van der Waals surface area contributed by atoms with Crippen LogP contribution in [0.15, 0.2) is 36.4 Å². The van der Waals surface area contributed by atoms with Crippen LogP contribution < -0.4 is 19.9 Å². The van der Waals surface area contributed by atoms with E-state index >= 15 is 0 Å². The summed E-state index contributed by atoms with van der Waals surface area (Å²) in [4.78, 5) is 17.7. The number of benzene rings is 2. The summed E-state index contributed by atoms with van der Waals surface area (Å²) in [5, 5.41) is 6.58. The monoisotopic (exact) mass is 524 g/mol. The van der Waals surface area contributed by atoms with E-state index in [1.165, 1.54) is 66.1 Å². The summed E-state index contributed by atoms with van der Waals surface area (Å²) < 4.78 is 6.37. The van der Waals surface area contributed by atoms with Crippen LogP contribution in [0.25, 0.3) is 10.8 Å². The molecule has 4 fully saturated rings. The van der Waals surface area contributed by atoms with E-state index in [4.69, 9.17) is 14.7 Å². The molecule has 1 N–H and O–H groups in total. The van der Waals surface area contributed by atoms with E-state index in [1.807, 2.05) is 0 Å². The predicted octanol–water partition coefficient (Wildman–Crippen LogP) is 4.48. The van der Waals surface area contributed by atoms with Crippen LogP contribution >= 0.6 is 0 Å². The molecule has 0 radical (unpaired) electrons. The van der Waals surface area contributed by atoms with Gasteiger partial charge in [0.1, 0.15) is 12.4 Å². The lowest BCUT2D eigenvalue weighted by Crippen LogP contribution is -2.52. The average Bonchev–Trinajstić information content (AvgIpc) is 3.65. The van der Waals surface area contributed by atoms with E-state index < -0.39 is 0 Å². The second kappa shape index (κ2) is 9.63. The van der Waals surface area contributed by atoms with Crippen LogP contribution in [0.3, 0.4) is 0 Å². The molecule has 7 heteroatoms. The van der Waals surface area contributed by atoms with Crippen LogP contribution in [0.5, 0.6) is 6.01 Å². The lowest BCUT2D eigenvalue weighted by atomic mass is 9.97. The Balaban J connectivity index is 1.15. The fourth-order valence-electron chi connectivity index (χ4n) is 7.60. The molecule has 1 aliphatic carbocycles. The zero-order chi connectivity index (χ0) is 25.9. The molecule has 3 aromatic rings. The number of anilines is 2. The first-order valence-corrected chi connectivity index (χ1v) is 15.2. The summed E-state index contributed by atoms with van der Waals surface area (Å²) in [6.45, 7) is 5.68. The average molecular weight is 525 g/mol. The maximum absolute atomic E-state index is 6.37. The summed E-state index contributed by atoms with van der Waals surface area (Å²) in [7, 11) is 2.20. The highest BCUT2D eigenvalue weighted by atomic mass is 16.5. The quantitative estimate of drug-likeness (QED) is 0.510. The van der Waals surface area contributed by atoms with Gasteiger partial charge in [-0.25, -0.2) is 0 Å². The number of aromatic nitrogens is 2. The number of likely N-dealkylation sites (N-methyl/N-ethyl adjacent to an activating group) is 1. The van der Waals surface area contributed by atoms with Crippen LogP contribution in [0.4, 0.5) is 11.5 Å². The van der Waals surface area contributed by atoms with Gasteiger partial charge < -0.3 is 24.8 Å². The topological polar surface area (TPSA) is 56.8 Å². The number of nitrogens with one attached hydrogen (secondary N) is 1. The number of likely N-dealkylation sites (tertiary alicyclic amines) is 1. The lowest BCUT2D eigenvalue weighted by Gasteiger charge is -2.37. The minimum absolute atomic E-state index is 0.455. The van der Waals surface area contributed by atoms with Gasteiger partial charge in [-0.05, 0) is 81.5 Å². The van der Waals surface area contributed by atoms with Crippen molar-refractivity contribution in [1.82, 2.24) is 20.2 Å². The summed E-state index contributed by atoms with van der Waals surface area (Å²) in [5.41, 5.74) is 5.36. The van der Waals surface area contributed by atoms with E-state index in [0.29, 0.717) is 30.7 Å². The van der Waals surface area contributed by atoms with Crippen LogP contribution in [0.2, 0.25) is 0 Å². The Morgan fingerprint density at radius 3 is 2.51 bits per heavy atom. The van der Waals surface area contributed by atoms with Gasteiger partial charge in [0, 0.05) is 54.4 Å². The van der Waals surface area contributed by atoms with E-state index in [9.17, 15) is 0 Å². The van der Waals surface area contributed by atoms with Crippen LogP contribution in [-0.4, -0.2) is 72.8 Å². The molecule has 7 nitrogen and oxygen atoms in total. The van der Waals surface area contributed by atoms with E-state index in [0.717, 1.165) is 56.6 Å². The van der Waals surface area contributed by atoms with Gasteiger partial charge in [0.05, 0.1) is 12.2 Å². The van der Waals surface area contributed by atoms with Gasteiger partial charge in [0.25, 0.3) is 0 Å². The number of ether oxygens (including phenoxy) is 1. The van der Waals surface area contributed by atoms with Crippen LogP contribution in [0, 0.1) is 0 Å². The zero-order valence-corrected chi connectivity index (χ0v) is 23.1. The molecule has 204 valence electrons. The minimum Gasteiger partial charge on any atom is -0.462 e.